The molecule has 2 amide bonds. The molecule has 0 radical (unpaired) electrons. The number of amides is 2. The van der Waals surface area contributed by atoms with Crippen molar-refractivity contribution in [2.75, 3.05) is 25.4 Å². The quantitative estimate of drug-likeness (QED) is 0.0763. The van der Waals surface area contributed by atoms with E-state index >= 15 is 0 Å². The molecule has 0 bridgehead atoms. The normalized spacial score (nSPS) is 17.6. The Bertz CT molecular complexity index is 1470. The van der Waals surface area contributed by atoms with E-state index in [0.29, 0.717) is 31.9 Å². The predicted octanol–water partition coefficient (Wildman–Crippen LogP) is 7.05. The van der Waals surface area contributed by atoms with E-state index in [2.05, 4.69) is 115 Å². The maximum Gasteiger partial charge on any atom is 0.407 e. The van der Waals surface area contributed by atoms with Gasteiger partial charge in [0, 0.05) is 31.3 Å². The Morgan fingerprint density at radius 2 is 1.34 bits per heavy atom. The van der Waals surface area contributed by atoms with Crippen LogP contribution in [0.2, 0.25) is 0 Å². The van der Waals surface area contributed by atoms with Crippen LogP contribution in [-0.2, 0) is 23.8 Å². The highest BCUT2D eigenvalue weighted by Crippen LogP contribution is 2.48. The number of cyclic esters (lactones) is 1. The summed E-state index contributed by atoms with van der Waals surface area (Å²) in [5.74, 6) is 0.314. The molecule has 6 atom stereocenters. The zero-order chi connectivity index (χ0) is 38.4. The van der Waals surface area contributed by atoms with Gasteiger partial charge in [-0.05, 0) is 49.3 Å². The standard InChI is InChI=1S/C43H60N4O5S/c1-8-30(3)37(28-45-38(31(4)9-2)39(48)47-36-25-26-51-40(36)49)44-27-35(46-41(50)52-42(5,6)7)29-53-43(32-19-13-10-14-20-32,33-21-15-11-16-22-33)34-23-17-12-18-24-34/h10-24,30-31,35-38,44-45H,8-9,25-29H2,1-7H3,(H,46,50)(H,47,48)/t30?,31?,35-,36+,37-,38+/m1/s1. The van der Waals surface area contributed by atoms with Gasteiger partial charge in [-0.1, -0.05) is 132 Å². The van der Waals surface area contributed by atoms with Gasteiger partial charge in [-0.3, -0.25) is 4.79 Å². The van der Waals surface area contributed by atoms with E-state index in [-0.39, 0.29) is 35.8 Å². The van der Waals surface area contributed by atoms with Crippen LogP contribution in [0.4, 0.5) is 4.79 Å². The number of carbonyl (C=O) groups excluding carboxylic acids is 3. The number of carbonyl (C=O) groups is 3. The molecular weight excluding hydrogens is 685 g/mol. The van der Waals surface area contributed by atoms with Crippen molar-refractivity contribution in [2.24, 2.45) is 11.8 Å². The Labute approximate surface area is 321 Å². The van der Waals surface area contributed by atoms with Crippen molar-refractivity contribution in [3.8, 4) is 0 Å². The molecule has 0 spiro atoms. The van der Waals surface area contributed by atoms with Crippen molar-refractivity contribution in [1.82, 2.24) is 21.3 Å². The molecule has 1 fully saturated rings. The highest BCUT2D eigenvalue weighted by Gasteiger charge is 2.38. The number of benzene rings is 3. The summed E-state index contributed by atoms with van der Waals surface area (Å²) in [6.45, 7) is 15.4. The molecule has 1 aliphatic rings. The molecule has 0 aliphatic carbocycles. The van der Waals surface area contributed by atoms with Gasteiger partial charge >= 0.3 is 12.1 Å². The molecule has 4 rings (SSSR count). The first-order valence-electron chi connectivity index (χ1n) is 19.1. The van der Waals surface area contributed by atoms with Crippen LogP contribution in [0.1, 0.15) is 84.4 Å². The van der Waals surface area contributed by atoms with Crippen molar-refractivity contribution >= 4 is 29.7 Å². The molecule has 10 heteroatoms. The van der Waals surface area contributed by atoms with Gasteiger partial charge in [0.2, 0.25) is 5.91 Å². The number of nitrogens with one attached hydrogen (secondary N) is 4. The van der Waals surface area contributed by atoms with Gasteiger partial charge < -0.3 is 30.7 Å². The van der Waals surface area contributed by atoms with Crippen molar-refractivity contribution in [3.05, 3.63) is 108 Å². The Morgan fingerprint density at radius 3 is 1.79 bits per heavy atom. The van der Waals surface area contributed by atoms with Gasteiger partial charge in [0.15, 0.2) is 0 Å². The third-order valence-corrected chi connectivity index (χ3v) is 11.7. The van der Waals surface area contributed by atoms with Crippen LogP contribution in [0, 0.1) is 11.8 Å². The average molecular weight is 745 g/mol. The van der Waals surface area contributed by atoms with E-state index < -0.39 is 28.5 Å². The molecule has 1 aliphatic heterocycles. The zero-order valence-corrected chi connectivity index (χ0v) is 33.3. The maximum absolute atomic E-state index is 13.5. The summed E-state index contributed by atoms with van der Waals surface area (Å²) in [5.41, 5.74) is 2.79. The number of rotatable bonds is 19. The fraction of sp³-hybridized carbons (Fsp3) is 0.512. The Hall–Kier alpha value is -3.86. The lowest BCUT2D eigenvalue weighted by atomic mass is 9.84. The molecule has 2 unspecified atom stereocenters. The van der Waals surface area contributed by atoms with E-state index in [1.54, 1.807) is 11.8 Å². The fourth-order valence-corrected chi connectivity index (χ4v) is 8.16. The number of ether oxygens (including phenoxy) is 2. The summed E-state index contributed by atoms with van der Waals surface area (Å²) in [6.07, 6.45) is 1.74. The van der Waals surface area contributed by atoms with Crippen LogP contribution in [0.5, 0.6) is 0 Å². The van der Waals surface area contributed by atoms with Crippen LogP contribution in [0.3, 0.4) is 0 Å². The van der Waals surface area contributed by atoms with E-state index in [4.69, 9.17) is 9.47 Å². The van der Waals surface area contributed by atoms with Gasteiger partial charge in [0.1, 0.15) is 11.6 Å². The number of esters is 1. The molecule has 3 aromatic rings. The molecular formula is C43H60N4O5S. The first-order chi connectivity index (χ1) is 25.4. The van der Waals surface area contributed by atoms with Crippen molar-refractivity contribution in [1.29, 1.82) is 0 Å². The summed E-state index contributed by atoms with van der Waals surface area (Å²) in [7, 11) is 0. The zero-order valence-electron chi connectivity index (χ0n) is 32.5. The van der Waals surface area contributed by atoms with Crippen LogP contribution in [0.25, 0.3) is 0 Å². The van der Waals surface area contributed by atoms with Gasteiger partial charge in [0.05, 0.1) is 23.4 Å². The smallest absolute Gasteiger partial charge is 0.407 e. The summed E-state index contributed by atoms with van der Waals surface area (Å²) < 4.78 is 10.3. The SMILES string of the molecule is CCC(C)[C@H](NC[C@@H](NC[C@H](CSC(c1ccccc1)(c1ccccc1)c1ccccc1)NC(=O)OC(C)(C)C)C(C)CC)C(=O)N[C@H]1CCOC1=O. The summed E-state index contributed by atoms with van der Waals surface area (Å²) in [6, 6.07) is 30.2. The summed E-state index contributed by atoms with van der Waals surface area (Å²) >= 11 is 1.79. The van der Waals surface area contributed by atoms with Gasteiger partial charge in [-0.2, -0.15) is 0 Å². The second kappa shape index (κ2) is 20.0. The number of hydrogen-bond acceptors (Lipinski definition) is 8. The number of hydrogen-bond donors (Lipinski definition) is 4. The largest absolute Gasteiger partial charge is 0.464 e. The molecule has 53 heavy (non-hydrogen) atoms. The van der Waals surface area contributed by atoms with Crippen molar-refractivity contribution < 1.29 is 23.9 Å². The highest BCUT2D eigenvalue weighted by atomic mass is 32.2. The molecule has 3 aromatic carbocycles. The molecule has 4 N–H and O–H groups in total. The Kier molecular flexibility index (Phi) is 15.8. The highest BCUT2D eigenvalue weighted by molar-refractivity contribution is 8.00. The molecule has 0 aromatic heterocycles. The van der Waals surface area contributed by atoms with Gasteiger partial charge in [-0.25, -0.2) is 9.59 Å². The molecule has 1 heterocycles. The van der Waals surface area contributed by atoms with Crippen LogP contribution in [0.15, 0.2) is 91.0 Å². The molecule has 9 nitrogen and oxygen atoms in total. The van der Waals surface area contributed by atoms with Crippen molar-refractivity contribution in [3.63, 3.8) is 0 Å². The summed E-state index contributed by atoms with van der Waals surface area (Å²) in [4.78, 5) is 38.9. The second-order valence-electron chi connectivity index (χ2n) is 15.1. The molecule has 1 saturated heterocycles. The van der Waals surface area contributed by atoms with Crippen molar-refractivity contribution in [2.45, 2.75) is 102 Å². The fourth-order valence-electron chi connectivity index (χ4n) is 6.60. The third-order valence-electron chi connectivity index (χ3n) is 10.0. The monoisotopic (exact) mass is 744 g/mol. The van der Waals surface area contributed by atoms with E-state index in [1.165, 1.54) is 0 Å². The average Bonchev–Trinajstić information content (AvgIpc) is 3.56. The second-order valence-corrected chi connectivity index (χ2v) is 16.4. The predicted molar refractivity (Wildman–Crippen MR) is 215 cm³/mol. The molecule has 0 saturated carbocycles. The van der Waals surface area contributed by atoms with Gasteiger partial charge in [0.25, 0.3) is 0 Å². The van der Waals surface area contributed by atoms with Crippen LogP contribution >= 0.6 is 11.8 Å². The molecule has 288 valence electrons. The van der Waals surface area contributed by atoms with E-state index in [9.17, 15) is 14.4 Å². The summed E-state index contributed by atoms with van der Waals surface area (Å²) in [5, 5.41) is 13.4. The minimum Gasteiger partial charge on any atom is -0.464 e. The first kappa shape index (κ1) is 41.9. The minimum atomic E-state index is -0.652. The van der Waals surface area contributed by atoms with Crippen LogP contribution in [-0.4, -0.2) is 73.2 Å². The first-order valence-corrected chi connectivity index (χ1v) is 20.1. The Balaban J connectivity index is 1.60. The van der Waals surface area contributed by atoms with Crippen LogP contribution < -0.4 is 21.3 Å². The Morgan fingerprint density at radius 1 is 0.811 bits per heavy atom. The van der Waals surface area contributed by atoms with E-state index in [1.807, 2.05) is 45.9 Å². The maximum atomic E-state index is 13.5. The van der Waals surface area contributed by atoms with E-state index in [0.717, 1.165) is 29.5 Å². The third kappa shape index (κ3) is 11.8. The lowest BCUT2D eigenvalue weighted by Gasteiger charge is -2.37. The lowest BCUT2D eigenvalue weighted by Crippen LogP contribution is -2.56. The van der Waals surface area contributed by atoms with Gasteiger partial charge in [-0.15, -0.1) is 11.8 Å². The number of thioether (sulfide) groups is 1. The minimum absolute atomic E-state index is 0.00846. The topological polar surface area (TPSA) is 118 Å². The lowest BCUT2D eigenvalue weighted by molar-refractivity contribution is -0.141. The number of alkyl carbamates (subject to hydrolysis) is 1.